The van der Waals surface area contributed by atoms with Crippen LogP contribution in [0.1, 0.15) is 48.7 Å². The summed E-state index contributed by atoms with van der Waals surface area (Å²) in [6.07, 6.45) is 0.184. The molecular formula is C23H30N4O4. The van der Waals surface area contributed by atoms with E-state index in [1.807, 2.05) is 30.3 Å². The van der Waals surface area contributed by atoms with Gasteiger partial charge in [-0.2, -0.15) is 0 Å². The number of carbonyl (C=O) groups is 3. The topological polar surface area (TPSA) is 123 Å². The second kappa shape index (κ2) is 11.1. The molecule has 2 aromatic rings. The van der Waals surface area contributed by atoms with Crippen molar-refractivity contribution in [2.75, 3.05) is 0 Å². The molecule has 1 unspecified atom stereocenters. The zero-order valence-electron chi connectivity index (χ0n) is 18.1. The van der Waals surface area contributed by atoms with Crippen molar-refractivity contribution < 1.29 is 19.1 Å². The Kier molecular flexibility index (Phi) is 8.57. The summed E-state index contributed by atoms with van der Waals surface area (Å²) in [7, 11) is 0. The first-order chi connectivity index (χ1) is 14.7. The van der Waals surface area contributed by atoms with Crippen molar-refractivity contribution in [3.8, 4) is 0 Å². The Morgan fingerprint density at radius 2 is 1.58 bits per heavy atom. The van der Waals surface area contributed by atoms with Crippen molar-refractivity contribution in [3.63, 3.8) is 0 Å². The number of carbonyl (C=O) groups excluding carboxylic acids is 3. The van der Waals surface area contributed by atoms with Crippen molar-refractivity contribution in [1.29, 1.82) is 0 Å². The number of ether oxygens (including phenoxy) is 1. The van der Waals surface area contributed by atoms with E-state index in [-0.39, 0.29) is 0 Å². The van der Waals surface area contributed by atoms with Gasteiger partial charge in [0.25, 0.3) is 11.8 Å². The minimum absolute atomic E-state index is 0.330. The van der Waals surface area contributed by atoms with Crippen LogP contribution in [0.3, 0.4) is 0 Å². The standard InChI is InChI=1S/C23H30N4O4/c1-23(2,3)31-22(30)25-19(14-11-16-7-5-4-6-8-16)21(29)27-26-20(28)18-12-9-17(15-24)10-13-18/h4-10,12-13,19H,11,14-15,24H2,1-3H3,(H,25,30)(H,26,28)(H,27,29). The summed E-state index contributed by atoms with van der Waals surface area (Å²) in [6.45, 7) is 5.59. The molecule has 2 aromatic carbocycles. The predicted octanol–water partition coefficient (Wildman–Crippen LogP) is 2.43. The highest BCUT2D eigenvalue weighted by Gasteiger charge is 2.24. The fraction of sp³-hybridized carbons (Fsp3) is 0.348. The lowest BCUT2D eigenvalue weighted by Gasteiger charge is -2.23. The molecule has 2 rings (SSSR count). The van der Waals surface area contributed by atoms with E-state index in [0.717, 1.165) is 11.1 Å². The lowest BCUT2D eigenvalue weighted by atomic mass is 10.0. The molecule has 31 heavy (non-hydrogen) atoms. The SMILES string of the molecule is CC(C)(C)OC(=O)NC(CCc1ccccc1)C(=O)NNC(=O)c1ccc(CN)cc1. The minimum atomic E-state index is -0.894. The molecule has 8 nitrogen and oxygen atoms in total. The molecular weight excluding hydrogens is 396 g/mol. The van der Waals surface area contributed by atoms with E-state index >= 15 is 0 Å². The maximum atomic E-state index is 12.7. The predicted molar refractivity (Wildman–Crippen MR) is 118 cm³/mol. The summed E-state index contributed by atoms with van der Waals surface area (Å²) in [5.74, 6) is -1.02. The molecule has 0 radical (unpaired) electrons. The van der Waals surface area contributed by atoms with Gasteiger partial charge < -0.3 is 15.8 Å². The van der Waals surface area contributed by atoms with E-state index < -0.39 is 29.6 Å². The van der Waals surface area contributed by atoms with Crippen molar-refractivity contribution in [3.05, 3.63) is 71.3 Å². The Balaban J connectivity index is 1.99. The molecule has 0 fully saturated rings. The number of nitrogens with one attached hydrogen (secondary N) is 3. The summed E-state index contributed by atoms with van der Waals surface area (Å²) in [5, 5.41) is 2.58. The number of alkyl carbamates (subject to hydrolysis) is 1. The number of nitrogens with two attached hydrogens (primary N) is 1. The van der Waals surface area contributed by atoms with Crippen molar-refractivity contribution >= 4 is 17.9 Å². The summed E-state index contributed by atoms with van der Waals surface area (Å²) in [4.78, 5) is 37.2. The van der Waals surface area contributed by atoms with Gasteiger partial charge >= 0.3 is 6.09 Å². The van der Waals surface area contributed by atoms with Gasteiger partial charge in [0.15, 0.2) is 0 Å². The number of benzene rings is 2. The molecule has 8 heteroatoms. The largest absolute Gasteiger partial charge is 0.444 e. The summed E-state index contributed by atoms with van der Waals surface area (Å²) >= 11 is 0. The van der Waals surface area contributed by atoms with E-state index in [1.165, 1.54) is 0 Å². The number of rotatable bonds is 7. The molecule has 0 heterocycles. The molecule has 0 saturated heterocycles. The minimum Gasteiger partial charge on any atom is -0.444 e. The van der Waals surface area contributed by atoms with Gasteiger partial charge in [-0.3, -0.25) is 20.4 Å². The van der Waals surface area contributed by atoms with Crippen LogP contribution >= 0.6 is 0 Å². The second-order valence-electron chi connectivity index (χ2n) is 8.07. The number of hydrogen-bond acceptors (Lipinski definition) is 5. The van der Waals surface area contributed by atoms with E-state index in [2.05, 4.69) is 16.2 Å². The molecule has 166 valence electrons. The highest BCUT2D eigenvalue weighted by molar-refractivity contribution is 5.96. The fourth-order valence-corrected chi connectivity index (χ4v) is 2.74. The monoisotopic (exact) mass is 426 g/mol. The highest BCUT2D eigenvalue weighted by Crippen LogP contribution is 2.09. The van der Waals surface area contributed by atoms with E-state index in [9.17, 15) is 14.4 Å². The first-order valence-corrected chi connectivity index (χ1v) is 10.1. The molecule has 0 aliphatic rings. The molecule has 3 amide bonds. The first-order valence-electron chi connectivity index (χ1n) is 10.1. The number of aryl methyl sites for hydroxylation is 1. The Labute approximate surface area is 182 Å². The Bertz CT molecular complexity index is 877. The van der Waals surface area contributed by atoms with Crippen LogP contribution in [0.15, 0.2) is 54.6 Å². The smallest absolute Gasteiger partial charge is 0.408 e. The maximum absolute atomic E-state index is 12.7. The Morgan fingerprint density at radius 3 is 2.16 bits per heavy atom. The van der Waals surface area contributed by atoms with Crippen LogP contribution in [0.25, 0.3) is 0 Å². The zero-order valence-corrected chi connectivity index (χ0v) is 18.1. The lowest BCUT2D eigenvalue weighted by molar-refractivity contribution is -0.124. The molecule has 0 saturated carbocycles. The van der Waals surface area contributed by atoms with Gasteiger partial charge in [0.2, 0.25) is 0 Å². The highest BCUT2D eigenvalue weighted by atomic mass is 16.6. The third-order valence-corrected chi connectivity index (χ3v) is 4.32. The molecule has 0 spiro atoms. The van der Waals surface area contributed by atoms with Gasteiger partial charge in [0, 0.05) is 12.1 Å². The van der Waals surface area contributed by atoms with Crippen molar-refractivity contribution in [1.82, 2.24) is 16.2 Å². The quantitative estimate of drug-likeness (QED) is 0.507. The summed E-state index contributed by atoms with van der Waals surface area (Å²) in [6, 6.07) is 15.4. The van der Waals surface area contributed by atoms with Crippen LogP contribution in [0.5, 0.6) is 0 Å². The van der Waals surface area contributed by atoms with Crippen LogP contribution in [-0.2, 0) is 22.5 Å². The van der Waals surface area contributed by atoms with Gasteiger partial charge in [-0.1, -0.05) is 42.5 Å². The van der Waals surface area contributed by atoms with Crippen LogP contribution in [0.4, 0.5) is 4.79 Å². The zero-order chi connectivity index (χ0) is 22.9. The molecule has 0 aliphatic carbocycles. The fourth-order valence-electron chi connectivity index (χ4n) is 2.74. The van der Waals surface area contributed by atoms with E-state index in [4.69, 9.17) is 10.5 Å². The van der Waals surface area contributed by atoms with E-state index in [0.29, 0.717) is 24.9 Å². The van der Waals surface area contributed by atoms with Gasteiger partial charge in [0.05, 0.1) is 0 Å². The van der Waals surface area contributed by atoms with Crippen LogP contribution in [-0.4, -0.2) is 29.6 Å². The summed E-state index contributed by atoms with van der Waals surface area (Å²) in [5.41, 5.74) is 11.9. The molecule has 1 atom stereocenters. The third kappa shape index (κ3) is 8.47. The van der Waals surface area contributed by atoms with Crippen molar-refractivity contribution in [2.45, 2.75) is 51.8 Å². The molecule has 5 N–H and O–H groups in total. The van der Waals surface area contributed by atoms with Gasteiger partial charge in [-0.15, -0.1) is 0 Å². The Hall–Kier alpha value is -3.39. The summed E-state index contributed by atoms with van der Waals surface area (Å²) < 4.78 is 5.26. The normalized spacial score (nSPS) is 11.9. The van der Waals surface area contributed by atoms with E-state index in [1.54, 1.807) is 45.0 Å². The lowest BCUT2D eigenvalue weighted by Crippen LogP contribution is -2.53. The van der Waals surface area contributed by atoms with Gasteiger partial charge in [0.1, 0.15) is 11.6 Å². The van der Waals surface area contributed by atoms with Crippen LogP contribution < -0.4 is 21.9 Å². The average Bonchev–Trinajstić information content (AvgIpc) is 2.74. The van der Waals surface area contributed by atoms with Crippen LogP contribution in [0, 0.1) is 0 Å². The maximum Gasteiger partial charge on any atom is 0.408 e. The Morgan fingerprint density at radius 1 is 0.935 bits per heavy atom. The van der Waals surface area contributed by atoms with Crippen molar-refractivity contribution in [2.24, 2.45) is 5.73 Å². The molecule has 0 aliphatic heterocycles. The number of amides is 3. The molecule has 0 bridgehead atoms. The first kappa shape index (κ1) is 23.9. The second-order valence-corrected chi connectivity index (χ2v) is 8.07. The molecule has 0 aromatic heterocycles. The average molecular weight is 427 g/mol. The number of hydrogen-bond donors (Lipinski definition) is 4. The third-order valence-electron chi connectivity index (χ3n) is 4.32. The number of hydrazine groups is 1. The van der Waals surface area contributed by atoms with Gasteiger partial charge in [-0.05, 0) is 56.9 Å². The van der Waals surface area contributed by atoms with Gasteiger partial charge in [-0.25, -0.2) is 4.79 Å². The van der Waals surface area contributed by atoms with Crippen LogP contribution in [0.2, 0.25) is 0 Å².